The molecule has 16 nitrogen and oxygen atoms in total. The van der Waals surface area contributed by atoms with Crippen molar-refractivity contribution in [3.05, 3.63) is 101 Å². The van der Waals surface area contributed by atoms with E-state index in [1.165, 1.54) is 30.5 Å². The summed E-state index contributed by atoms with van der Waals surface area (Å²) in [5.74, 6) is 0.836. The van der Waals surface area contributed by atoms with Gasteiger partial charge in [-0.1, -0.05) is 50.1 Å². The van der Waals surface area contributed by atoms with Gasteiger partial charge in [0.05, 0.1) is 38.6 Å². The van der Waals surface area contributed by atoms with Crippen LogP contribution in [-0.2, 0) is 9.59 Å². The van der Waals surface area contributed by atoms with Gasteiger partial charge in [-0.05, 0) is 118 Å². The number of phenolic OH excluding ortho intramolecular Hbond substituents is 1. The van der Waals surface area contributed by atoms with E-state index >= 15 is 8.78 Å². The summed E-state index contributed by atoms with van der Waals surface area (Å²) in [4.78, 5) is 54.4. The Labute approximate surface area is 454 Å². The molecule has 2 bridgehead atoms. The molecule has 5 saturated heterocycles. The van der Waals surface area contributed by atoms with Crippen LogP contribution in [0.5, 0.6) is 17.6 Å². The molecule has 78 heavy (non-hydrogen) atoms. The highest BCUT2D eigenvalue weighted by Gasteiger charge is 2.50. The number of halogens is 2. The first-order valence-corrected chi connectivity index (χ1v) is 28.0. The number of nitrogens with one attached hydrogen (secondary N) is 2. The number of ether oxygens (including phenoxy) is 2. The van der Waals surface area contributed by atoms with E-state index in [4.69, 9.17) is 30.4 Å². The first-order valence-electron chi connectivity index (χ1n) is 27.2. The van der Waals surface area contributed by atoms with Crippen molar-refractivity contribution < 1.29 is 37.5 Å². The number of carbonyl (C=O) groups excluding carboxylic acids is 2. The van der Waals surface area contributed by atoms with Gasteiger partial charge in [-0.3, -0.25) is 19.5 Å². The number of rotatable bonds is 15. The lowest BCUT2D eigenvalue weighted by atomic mass is 9.91. The van der Waals surface area contributed by atoms with E-state index < -0.39 is 23.6 Å². The standard InChI is InChI=1S/C59H62F2N10O6S/c1-6-42-45(60)17-14-37-23-41(72)24-43(50(37)42)52-51(61)53-44(26-62-52)55(69-27-38-15-16-39(28-69)65-38)67-58(66-53)76-30-59-19-8-22-71(59)40(18-20-59)29-75-48-25-47(77-68-48)49(32(2)3)57(74)70-21-7-9-46(70)56(73)64-33(4)35-10-12-36(13-11-35)54-34(5)63-31-78-54/h1,10-14,17,23-26,31-33,38-40,46,49,65,72H,7-9,15-16,18-22,27-30H2,2-5H3,(H,64,73)/t33-,38?,39?,40-,46-,49-,59?/m0/s1. The molecule has 2 amide bonds. The van der Waals surface area contributed by atoms with Gasteiger partial charge in [0.2, 0.25) is 11.8 Å². The maximum atomic E-state index is 17.3. The van der Waals surface area contributed by atoms with Gasteiger partial charge in [0.15, 0.2) is 11.6 Å². The average Bonchev–Trinajstić information content (AvgIpc) is 4.43. The van der Waals surface area contributed by atoms with Crippen LogP contribution in [0.3, 0.4) is 0 Å². The number of aryl methyl sites for hydroxylation is 1. The third kappa shape index (κ3) is 9.44. The zero-order chi connectivity index (χ0) is 54.0. The number of benzene rings is 3. The van der Waals surface area contributed by atoms with Crippen LogP contribution < -0.4 is 25.0 Å². The Bertz CT molecular complexity index is 3480. The summed E-state index contributed by atoms with van der Waals surface area (Å²) in [5.41, 5.74) is 4.45. The van der Waals surface area contributed by atoms with Gasteiger partial charge < -0.3 is 39.5 Å². The number of fused-ring (bicyclic) bond motifs is 5. The van der Waals surface area contributed by atoms with Crippen molar-refractivity contribution in [3.8, 4) is 51.7 Å². The summed E-state index contributed by atoms with van der Waals surface area (Å²) < 4.78 is 51.3. The van der Waals surface area contributed by atoms with Crippen LogP contribution in [0.2, 0.25) is 0 Å². The van der Waals surface area contributed by atoms with Gasteiger partial charge in [-0.15, -0.1) is 17.8 Å². The smallest absolute Gasteiger partial charge is 0.319 e. The molecule has 5 fully saturated rings. The van der Waals surface area contributed by atoms with Crippen molar-refractivity contribution in [3.63, 3.8) is 0 Å². The molecule has 12 rings (SSSR count). The van der Waals surface area contributed by atoms with E-state index in [1.54, 1.807) is 22.3 Å². The summed E-state index contributed by atoms with van der Waals surface area (Å²) in [6.45, 7) is 11.1. The number of piperazine rings is 1. The molecule has 5 aliphatic heterocycles. The monoisotopic (exact) mass is 1080 g/mol. The Morgan fingerprint density at radius 3 is 2.55 bits per heavy atom. The van der Waals surface area contributed by atoms with E-state index in [0.717, 1.165) is 66.8 Å². The van der Waals surface area contributed by atoms with E-state index in [9.17, 15) is 14.7 Å². The first kappa shape index (κ1) is 51.5. The molecule has 7 atom stereocenters. The fraction of sp³-hybridized carbons (Fsp3) is 0.441. The molecular weight excluding hydrogens is 1010 g/mol. The maximum absolute atomic E-state index is 17.3. The van der Waals surface area contributed by atoms with Crippen molar-refractivity contribution in [1.82, 2.24) is 45.5 Å². The summed E-state index contributed by atoms with van der Waals surface area (Å²) in [6, 6.07) is 15.1. The summed E-state index contributed by atoms with van der Waals surface area (Å²) in [5, 5.41) is 23.0. The maximum Gasteiger partial charge on any atom is 0.319 e. The van der Waals surface area contributed by atoms with Crippen molar-refractivity contribution in [1.29, 1.82) is 0 Å². The molecule has 0 radical (unpaired) electrons. The van der Waals surface area contributed by atoms with Gasteiger partial charge in [-0.25, -0.2) is 13.8 Å². The number of carbonyl (C=O) groups is 2. The molecule has 19 heteroatoms. The molecule has 5 aliphatic rings. The van der Waals surface area contributed by atoms with Gasteiger partial charge in [-0.2, -0.15) is 9.97 Å². The number of thiazole rings is 1. The summed E-state index contributed by atoms with van der Waals surface area (Å²) >= 11 is 1.60. The van der Waals surface area contributed by atoms with E-state index in [0.29, 0.717) is 61.4 Å². The van der Waals surface area contributed by atoms with Crippen molar-refractivity contribution in [2.75, 3.05) is 44.3 Å². The predicted octanol–water partition coefficient (Wildman–Crippen LogP) is 9.23. The minimum absolute atomic E-state index is 0.00972. The highest BCUT2D eigenvalue weighted by molar-refractivity contribution is 7.13. The number of aromatic hydroxyl groups is 1. The van der Waals surface area contributed by atoms with Gasteiger partial charge in [0.1, 0.15) is 53.8 Å². The molecule has 4 aromatic heterocycles. The highest BCUT2D eigenvalue weighted by atomic mass is 32.1. The molecule has 0 saturated carbocycles. The highest BCUT2D eigenvalue weighted by Crippen LogP contribution is 2.44. The lowest BCUT2D eigenvalue weighted by molar-refractivity contribution is -0.141. The van der Waals surface area contributed by atoms with Crippen LogP contribution in [0, 0.1) is 36.8 Å². The van der Waals surface area contributed by atoms with Crippen LogP contribution in [0.25, 0.3) is 43.4 Å². The van der Waals surface area contributed by atoms with Crippen molar-refractivity contribution in [2.24, 2.45) is 5.92 Å². The zero-order valence-corrected chi connectivity index (χ0v) is 44.9. The predicted molar refractivity (Wildman–Crippen MR) is 292 cm³/mol. The van der Waals surface area contributed by atoms with Crippen molar-refractivity contribution in [2.45, 2.75) is 121 Å². The molecule has 3 N–H and O–H groups in total. The number of pyridine rings is 1. The first-order chi connectivity index (χ1) is 37.7. The number of amides is 2. The average molecular weight is 1080 g/mol. The van der Waals surface area contributed by atoms with E-state index in [2.05, 4.69) is 53.6 Å². The molecule has 9 heterocycles. The van der Waals surface area contributed by atoms with Crippen LogP contribution >= 0.6 is 11.3 Å². The van der Waals surface area contributed by atoms with Crippen LogP contribution in [0.15, 0.2) is 70.8 Å². The zero-order valence-electron chi connectivity index (χ0n) is 44.1. The Balaban J connectivity index is 0.732. The number of nitrogens with zero attached hydrogens (tertiary/aromatic N) is 8. The Morgan fingerprint density at radius 1 is 0.987 bits per heavy atom. The largest absolute Gasteiger partial charge is 0.508 e. The second kappa shape index (κ2) is 20.8. The molecule has 0 spiro atoms. The molecule has 3 aromatic carbocycles. The number of anilines is 1. The molecule has 3 unspecified atom stereocenters. The number of phenols is 1. The summed E-state index contributed by atoms with van der Waals surface area (Å²) in [6.07, 6.45) is 14.1. The van der Waals surface area contributed by atoms with Gasteiger partial charge in [0.25, 0.3) is 5.88 Å². The van der Waals surface area contributed by atoms with Crippen LogP contribution in [-0.4, -0.2) is 121 Å². The topological polar surface area (TPSA) is 184 Å². The second-order valence-corrected chi connectivity index (χ2v) is 23.0. The number of likely N-dealkylation sites (tertiary alicyclic amines) is 1. The Hall–Kier alpha value is -7.27. The third-order valence-electron chi connectivity index (χ3n) is 16.9. The van der Waals surface area contributed by atoms with E-state index in [-0.39, 0.29) is 99.4 Å². The van der Waals surface area contributed by atoms with Crippen LogP contribution in [0.1, 0.15) is 107 Å². The normalized spacial score (nSPS) is 22.8. The number of hydrogen-bond acceptors (Lipinski definition) is 15. The fourth-order valence-electron chi connectivity index (χ4n) is 13.0. The van der Waals surface area contributed by atoms with Gasteiger partial charge >= 0.3 is 6.01 Å². The third-order valence-corrected chi connectivity index (χ3v) is 17.9. The quantitative estimate of drug-likeness (QED) is 0.0826. The number of hydrogen-bond donors (Lipinski definition) is 3. The fourth-order valence-corrected chi connectivity index (χ4v) is 13.8. The molecule has 404 valence electrons. The van der Waals surface area contributed by atoms with Crippen molar-refractivity contribution >= 4 is 50.6 Å². The molecule has 0 aliphatic carbocycles. The Morgan fingerprint density at radius 2 is 1.79 bits per heavy atom. The lowest BCUT2D eigenvalue weighted by Crippen LogP contribution is -2.51. The lowest BCUT2D eigenvalue weighted by Gasteiger charge is -2.35. The minimum atomic E-state index is -0.772. The number of terminal acetylenes is 1. The molecular formula is C59H62F2N10O6S. The second-order valence-electron chi connectivity index (χ2n) is 22.1. The van der Waals surface area contributed by atoms with Crippen LogP contribution in [0.4, 0.5) is 14.6 Å². The molecule has 7 aromatic rings. The Kier molecular flexibility index (Phi) is 13.8. The number of aromatic nitrogens is 5. The summed E-state index contributed by atoms with van der Waals surface area (Å²) in [7, 11) is 0. The van der Waals surface area contributed by atoms with E-state index in [1.807, 2.05) is 45.3 Å². The SMILES string of the molecule is C#Cc1c(F)ccc2cc(O)cc(-c3ncc4c(N5CC6CCC(C5)N6)nc(OCC56CCCN5[C@H](COc5cc([C@@H](C(=O)N7CCC[C@H]7C(=O)N[C@@H](C)c7ccc(-c8scnc8C)cc7)C(C)C)on5)CC6)nc4c3F)c12. The van der Waals surface area contributed by atoms with Gasteiger partial charge in [0, 0.05) is 61.0 Å². The minimum Gasteiger partial charge on any atom is -0.508 e.